The van der Waals surface area contributed by atoms with Crippen LogP contribution in [0.4, 0.5) is 4.79 Å². The van der Waals surface area contributed by atoms with E-state index in [0.717, 1.165) is 5.69 Å². The molecule has 112 valence electrons. The standard InChI is InChI=1S/C11H18N4O4S/c1-9-7-10(19-13-9)8-12-11(16)14-3-5-15(6-4-14)20(2,17)18/h7H,3-6,8H2,1-2H3,(H,12,16). The molecule has 1 N–H and O–H groups in total. The zero-order valence-electron chi connectivity index (χ0n) is 11.5. The topological polar surface area (TPSA) is 95.8 Å². The number of hydrogen-bond donors (Lipinski definition) is 1. The molecule has 1 aliphatic heterocycles. The van der Waals surface area contributed by atoms with E-state index in [1.54, 1.807) is 17.9 Å². The van der Waals surface area contributed by atoms with Crippen LogP contribution >= 0.6 is 0 Å². The predicted octanol–water partition coefficient (Wildman–Crippen LogP) is -0.230. The fourth-order valence-corrected chi connectivity index (χ4v) is 2.82. The number of aryl methyl sites for hydroxylation is 1. The molecule has 0 atom stereocenters. The highest BCUT2D eigenvalue weighted by Gasteiger charge is 2.25. The number of aromatic nitrogens is 1. The Morgan fingerprint density at radius 1 is 1.40 bits per heavy atom. The van der Waals surface area contributed by atoms with Crippen LogP contribution in [0.5, 0.6) is 0 Å². The van der Waals surface area contributed by atoms with Gasteiger partial charge in [-0.15, -0.1) is 0 Å². The van der Waals surface area contributed by atoms with E-state index in [0.29, 0.717) is 31.9 Å². The highest BCUT2D eigenvalue weighted by atomic mass is 32.2. The van der Waals surface area contributed by atoms with E-state index in [2.05, 4.69) is 10.5 Å². The monoisotopic (exact) mass is 302 g/mol. The van der Waals surface area contributed by atoms with Gasteiger partial charge in [-0.3, -0.25) is 0 Å². The van der Waals surface area contributed by atoms with E-state index in [4.69, 9.17) is 4.52 Å². The molecule has 0 aliphatic carbocycles. The summed E-state index contributed by atoms with van der Waals surface area (Å²) in [6, 6.07) is 1.52. The summed E-state index contributed by atoms with van der Waals surface area (Å²) in [7, 11) is -3.18. The number of piperazine rings is 1. The second-order valence-electron chi connectivity index (χ2n) is 4.74. The predicted molar refractivity (Wildman–Crippen MR) is 71.5 cm³/mol. The minimum absolute atomic E-state index is 0.229. The fraction of sp³-hybridized carbons (Fsp3) is 0.636. The van der Waals surface area contributed by atoms with E-state index in [9.17, 15) is 13.2 Å². The van der Waals surface area contributed by atoms with Crippen molar-refractivity contribution in [2.75, 3.05) is 32.4 Å². The summed E-state index contributed by atoms with van der Waals surface area (Å²) in [5.74, 6) is 0.589. The molecule has 1 aliphatic rings. The van der Waals surface area contributed by atoms with Crippen LogP contribution in [0.1, 0.15) is 11.5 Å². The van der Waals surface area contributed by atoms with Crippen molar-refractivity contribution in [3.8, 4) is 0 Å². The van der Waals surface area contributed by atoms with Gasteiger partial charge >= 0.3 is 6.03 Å². The SMILES string of the molecule is Cc1cc(CNC(=O)N2CCN(S(C)(=O)=O)CC2)on1. The van der Waals surface area contributed by atoms with E-state index >= 15 is 0 Å². The molecular weight excluding hydrogens is 284 g/mol. The molecule has 0 saturated carbocycles. The number of amides is 2. The van der Waals surface area contributed by atoms with Crippen LogP contribution in [-0.4, -0.2) is 61.2 Å². The first-order chi connectivity index (χ1) is 9.36. The van der Waals surface area contributed by atoms with Crippen molar-refractivity contribution in [3.63, 3.8) is 0 Å². The molecule has 0 spiro atoms. The van der Waals surface area contributed by atoms with Crippen LogP contribution in [-0.2, 0) is 16.6 Å². The van der Waals surface area contributed by atoms with Crippen LogP contribution in [0, 0.1) is 6.92 Å². The van der Waals surface area contributed by atoms with Crippen molar-refractivity contribution in [1.29, 1.82) is 0 Å². The maximum atomic E-state index is 11.9. The zero-order valence-corrected chi connectivity index (χ0v) is 12.3. The summed E-state index contributed by atoms with van der Waals surface area (Å²) in [6.07, 6.45) is 1.18. The van der Waals surface area contributed by atoms with Gasteiger partial charge in [0.1, 0.15) is 0 Å². The summed E-state index contributed by atoms with van der Waals surface area (Å²) in [6.45, 7) is 3.50. The van der Waals surface area contributed by atoms with Crippen LogP contribution in [0.2, 0.25) is 0 Å². The lowest BCUT2D eigenvalue weighted by molar-refractivity contribution is 0.171. The molecule has 0 unspecified atom stereocenters. The summed E-state index contributed by atoms with van der Waals surface area (Å²) in [4.78, 5) is 13.5. The number of nitrogens with one attached hydrogen (secondary N) is 1. The zero-order chi connectivity index (χ0) is 14.8. The lowest BCUT2D eigenvalue weighted by atomic mass is 10.3. The molecule has 2 amide bonds. The quantitative estimate of drug-likeness (QED) is 0.832. The average molecular weight is 302 g/mol. The average Bonchev–Trinajstić information content (AvgIpc) is 2.81. The molecule has 0 radical (unpaired) electrons. The molecule has 0 aromatic carbocycles. The van der Waals surface area contributed by atoms with E-state index in [1.165, 1.54) is 10.6 Å². The van der Waals surface area contributed by atoms with Crippen molar-refractivity contribution < 1.29 is 17.7 Å². The summed E-state index contributed by atoms with van der Waals surface area (Å²) in [5.41, 5.74) is 0.760. The van der Waals surface area contributed by atoms with Gasteiger partial charge in [0, 0.05) is 32.2 Å². The lowest BCUT2D eigenvalue weighted by Gasteiger charge is -2.33. The maximum absolute atomic E-state index is 11.9. The molecule has 1 aromatic rings. The molecule has 9 heteroatoms. The molecule has 2 rings (SSSR count). The number of carbonyl (C=O) groups excluding carboxylic acids is 1. The van der Waals surface area contributed by atoms with Crippen molar-refractivity contribution in [3.05, 3.63) is 17.5 Å². The summed E-state index contributed by atoms with van der Waals surface area (Å²) >= 11 is 0. The first kappa shape index (κ1) is 14.8. The van der Waals surface area contributed by atoms with Crippen LogP contribution < -0.4 is 5.32 Å². The van der Waals surface area contributed by atoms with Gasteiger partial charge in [-0.2, -0.15) is 4.31 Å². The smallest absolute Gasteiger partial charge is 0.317 e. The normalized spacial score (nSPS) is 17.2. The summed E-state index contributed by atoms with van der Waals surface area (Å²) in [5, 5.41) is 6.45. The first-order valence-electron chi connectivity index (χ1n) is 6.26. The number of carbonyl (C=O) groups is 1. The number of urea groups is 1. The second kappa shape index (κ2) is 5.80. The van der Waals surface area contributed by atoms with Gasteiger partial charge in [0.15, 0.2) is 5.76 Å². The Bertz CT molecular complexity index is 575. The largest absolute Gasteiger partial charge is 0.359 e. The third-order valence-corrected chi connectivity index (χ3v) is 4.39. The molecule has 2 heterocycles. The van der Waals surface area contributed by atoms with Gasteiger partial charge in [-0.1, -0.05) is 5.16 Å². The van der Waals surface area contributed by atoms with Crippen LogP contribution in [0.25, 0.3) is 0 Å². The lowest BCUT2D eigenvalue weighted by Crippen LogP contribution is -2.52. The fourth-order valence-electron chi connectivity index (χ4n) is 2.00. The van der Waals surface area contributed by atoms with Gasteiger partial charge in [-0.25, -0.2) is 13.2 Å². The minimum atomic E-state index is -3.18. The minimum Gasteiger partial charge on any atom is -0.359 e. The molecule has 1 fully saturated rings. The number of rotatable bonds is 3. The van der Waals surface area contributed by atoms with E-state index in [-0.39, 0.29) is 12.6 Å². The van der Waals surface area contributed by atoms with Gasteiger partial charge in [0.05, 0.1) is 18.5 Å². The Balaban J connectivity index is 1.80. The Kier molecular flexibility index (Phi) is 4.29. The van der Waals surface area contributed by atoms with Gasteiger partial charge in [0.2, 0.25) is 10.0 Å². The van der Waals surface area contributed by atoms with Gasteiger partial charge in [-0.05, 0) is 6.92 Å². The van der Waals surface area contributed by atoms with Gasteiger partial charge < -0.3 is 14.7 Å². The molecular formula is C11H18N4O4S. The van der Waals surface area contributed by atoms with Crippen molar-refractivity contribution in [2.45, 2.75) is 13.5 Å². The van der Waals surface area contributed by atoms with Crippen molar-refractivity contribution >= 4 is 16.1 Å². The van der Waals surface area contributed by atoms with Crippen LogP contribution in [0.15, 0.2) is 10.6 Å². The number of nitrogens with zero attached hydrogens (tertiary/aromatic N) is 3. The molecule has 0 bridgehead atoms. The highest BCUT2D eigenvalue weighted by Crippen LogP contribution is 2.07. The Hall–Kier alpha value is -1.61. The van der Waals surface area contributed by atoms with E-state index < -0.39 is 10.0 Å². The van der Waals surface area contributed by atoms with Crippen LogP contribution in [0.3, 0.4) is 0 Å². The Labute approximate surface area is 117 Å². The summed E-state index contributed by atoms with van der Waals surface area (Å²) < 4.78 is 29.1. The van der Waals surface area contributed by atoms with Crippen molar-refractivity contribution in [1.82, 2.24) is 19.7 Å². The maximum Gasteiger partial charge on any atom is 0.317 e. The van der Waals surface area contributed by atoms with Crippen molar-refractivity contribution in [2.24, 2.45) is 0 Å². The second-order valence-corrected chi connectivity index (χ2v) is 6.72. The highest BCUT2D eigenvalue weighted by molar-refractivity contribution is 7.88. The molecule has 1 saturated heterocycles. The Morgan fingerprint density at radius 2 is 2.05 bits per heavy atom. The molecule has 20 heavy (non-hydrogen) atoms. The third kappa shape index (κ3) is 3.70. The number of hydrogen-bond acceptors (Lipinski definition) is 5. The third-order valence-electron chi connectivity index (χ3n) is 3.09. The first-order valence-corrected chi connectivity index (χ1v) is 8.11. The Morgan fingerprint density at radius 3 is 2.55 bits per heavy atom. The number of sulfonamides is 1. The van der Waals surface area contributed by atoms with Gasteiger partial charge in [0.25, 0.3) is 0 Å². The van der Waals surface area contributed by atoms with E-state index in [1.807, 2.05) is 0 Å². The molecule has 1 aromatic heterocycles. The molecule has 8 nitrogen and oxygen atoms in total.